The van der Waals surface area contributed by atoms with Gasteiger partial charge in [0.1, 0.15) is 6.07 Å². The molecule has 0 unspecified atom stereocenters. The van der Waals surface area contributed by atoms with Crippen LogP contribution >= 0.6 is 11.6 Å². The van der Waals surface area contributed by atoms with Gasteiger partial charge in [0.15, 0.2) is 0 Å². The van der Waals surface area contributed by atoms with Gasteiger partial charge in [-0.1, -0.05) is 67.1 Å². The van der Waals surface area contributed by atoms with Gasteiger partial charge in [0.25, 0.3) is 0 Å². The van der Waals surface area contributed by atoms with Crippen LogP contribution in [-0.2, 0) is 11.2 Å². The van der Waals surface area contributed by atoms with Crippen molar-refractivity contribution in [2.75, 3.05) is 23.7 Å². The normalized spacial score (nSPS) is 16.3. The maximum atomic E-state index is 11.2. The molecule has 0 aromatic heterocycles. The van der Waals surface area contributed by atoms with Crippen molar-refractivity contribution in [1.82, 2.24) is 5.32 Å². The summed E-state index contributed by atoms with van der Waals surface area (Å²) in [6.45, 7) is 3.49. The first-order valence-electron chi connectivity index (χ1n) is 11.3. The molecule has 34 heavy (non-hydrogen) atoms. The molecule has 3 atom stereocenters. The lowest BCUT2D eigenvalue weighted by atomic mass is 9.94. The first-order chi connectivity index (χ1) is 16.5. The fourth-order valence-corrected chi connectivity index (χ4v) is 4.56. The van der Waals surface area contributed by atoms with Gasteiger partial charge in [0, 0.05) is 18.1 Å². The lowest BCUT2D eigenvalue weighted by Crippen LogP contribution is -2.45. The van der Waals surface area contributed by atoms with Gasteiger partial charge in [-0.05, 0) is 40.8 Å². The van der Waals surface area contributed by atoms with Crippen molar-refractivity contribution >= 4 is 28.9 Å². The summed E-state index contributed by atoms with van der Waals surface area (Å²) >= 11 is 6.20. The molecular weight excluding hydrogens is 448 g/mol. The number of carboxylic acids is 1. The van der Waals surface area contributed by atoms with Crippen LogP contribution in [0.3, 0.4) is 0 Å². The number of carbonyl (C=O) groups is 1. The number of nitrogens with zero attached hydrogens (tertiary/aromatic N) is 1. The third kappa shape index (κ3) is 5.33. The number of hydrogen-bond donors (Lipinski definition) is 4. The van der Waals surface area contributed by atoms with E-state index in [0.29, 0.717) is 29.2 Å². The highest BCUT2D eigenvalue weighted by molar-refractivity contribution is 6.31. The number of benzene rings is 3. The summed E-state index contributed by atoms with van der Waals surface area (Å²) in [6, 6.07) is 23.8. The number of fused-ring (bicyclic) bond motifs is 1. The van der Waals surface area contributed by atoms with Crippen LogP contribution in [0.15, 0.2) is 66.7 Å². The summed E-state index contributed by atoms with van der Waals surface area (Å²) in [5.74, 6) is -0.767. The Kier molecular flexibility index (Phi) is 7.36. The molecule has 174 valence electrons. The lowest BCUT2D eigenvalue weighted by Gasteiger charge is -2.36. The van der Waals surface area contributed by atoms with Crippen molar-refractivity contribution in [2.24, 2.45) is 0 Å². The minimum Gasteiger partial charge on any atom is -0.481 e. The molecule has 0 bridgehead atoms. The third-order valence-electron chi connectivity index (χ3n) is 6.21. The van der Waals surface area contributed by atoms with E-state index < -0.39 is 5.97 Å². The molecule has 0 amide bonds. The topological polar surface area (TPSA) is 97.2 Å². The quantitative estimate of drug-likeness (QED) is 0.359. The number of carboxylic acid groups (broad SMARTS) is 1. The number of nitriles is 1. The summed E-state index contributed by atoms with van der Waals surface area (Å²) in [7, 11) is 0. The van der Waals surface area contributed by atoms with Crippen LogP contribution in [-0.4, -0.2) is 30.2 Å². The van der Waals surface area contributed by atoms with Crippen LogP contribution in [0.1, 0.15) is 41.1 Å². The molecule has 3 aromatic rings. The maximum Gasteiger partial charge on any atom is 0.307 e. The second-order valence-electron chi connectivity index (χ2n) is 8.59. The first kappa shape index (κ1) is 23.6. The molecule has 0 aliphatic carbocycles. The van der Waals surface area contributed by atoms with Gasteiger partial charge in [-0.15, -0.1) is 0 Å². The van der Waals surface area contributed by atoms with Crippen LogP contribution < -0.4 is 16.0 Å². The highest BCUT2D eigenvalue weighted by atomic mass is 35.5. The van der Waals surface area contributed by atoms with Gasteiger partial charge in [-0.2, -0.15) is 5.26 Å². The summed E-state index contributed by atoms with van der Waals surface area (Å²) in [4.78, 5) is 11.2. The number of halogens is 1. The maximum absolute atomic E-state index is 11.2. The van der Waals surface area contributed by atoms with E-state index in [4.69, 9.17) is 11.6 Å². The monoisotopic (exact) mass is 474 g/mol. The molecular formula is C27H27ClN4O2. The summed E-state index contributed by atoms with van der Waals surface area (Å²) in [5.41, 5.74) is 5.18. The fourth-order valence-electron chi connectivity index (χ4n) is 4.38. The van der Waals surface area contributed by atoms with E-state index in [9.17, 15) is 15.2 Å². The van der Waals surface area contributed by atoms with Crippen LogP contribution in [0.25, 0.3) is 0 Å². The minimum atomic E-state index is -0.901. The van der Waals surface area contributed by atoms with Crippen molar-refractivity contribution in [3.8, 4) is 6.07 Å². The van der Waals surface area contributed by atoms with Gasteiger partial charge in [0.05, 0.1) is 35.4 Å². The third-order valence-corrected chi connectivity index (χ3v) is 6.58. The Hall–Kier alpha value is -3.53. The minimum absolute atomic E-state index is 0.0122. The van der Waals surface area contributed by atoms with E-state index in [1.165, 1.54) is 0 Å². The molecule has 1 aliphatic heterocycles. The van der Waals surface area contributed by atoms with Crippen molar-refractivity contribution < 1.29 is 9.90 Å². The van der Waals surface area contributed by atoms with E-state index in [0.717, 1.165) is 22.5 Å². The smallest absolute Gasteiger partial charge is 0.307 e. The standard InChI is InChI=1S/C27H27ClN4O2/c1-17(19-10-11-22(28)21(12-19)13-25(33)34)15-31-26(18-6-3-2-4-7-18)24-16-30-23-9-5-8-20(14-29)27(23)32-24/h2-12,17,24,26,30-32H,13,15-16H2,1H3,(H,33,34)/t17-,24+,26+/m0/s1. The fraction of sp³-hybridized carbons (Fsp3) is 0.259. The number of nitrogens with one attached hydrogen (secondary N) is 3. The molecule has 7 heteroatoms. The Morgan fingerprint density at radius 3 is 2.71 bits per heavy atom. The average Bonchev–Trinajstić information content (AvgIpc) is 2.85. The van der Waals surface area contributed by atoms with E-state index in [1.807, 2.05) is 48.5 Å². The predicted octanol–water partition coefficient (Wildman–Crippen LogP) is 5.18. The second kappa shape index (κ2) is 10.6. The van der Waals surface area contributed by atoms with Crippen molar-refractivity contribution in [1.29, 1.82) is 5.26 Å². The highest BCUT2D eigenvalue weighted by Gasteiger charge is 2.28. The Balaban J connectivity index is 1.54. The molecule has 0 fully saturated rings. The molecule has 3 aromatic carbocycles. The van der Waals surface area contributed by atoms with Crippen LogP contribution in [0.2, 0.25) is 5.02 Å². The van der Waals surface area contributed by atoms with Gasteiger partial charge >= 0.3 is 5.97 Å². The molecule has 1 aliphatic rings. The number of hydrogen-bond acceptors (Lipinski definition) is 5. The van der Waals surface area contributed by atoms with E-state index >= 15 is 0 Å². The van der Waals surface area contributed by atoms with Gasteiger partial charge in [-0.3, -0.25) is 4.79 Å². The first-order valence-corrected chi connectivity index (χ1v) is 11.7. The Morgan fingerprint density at radius 2 is 1.97 bits per heavy atom. The SMILES string of the molecule is C[C@@H](CN[C@H](c1ccccc1)[C@H]1CNc2cccc(C#N)c2N1)c1ccc(Cl)c(CC(=O)O)c1. The molecule has 6 nitrogen and oxygen atoms in total. The predicted molar refractivity (Wildman–Crippen MR) is 135 cm³/mol. The Bertz CT molecular complexity index is 1210. The molecule has 4 rings (SSSR count). The van der Waals surface area contributed by atoms with Gasteiger partial charge in [-0.25, -0.2) is 0 Å². The van der Waals surface area contributed by atoms with E-state index in [-0.39, 0.29) is 24.4 Å². The van der Waals surface area contributed by atoms with Crippen LogP contribution in [0.4, 0.5) is 11.4 Å². The van der Waals surface area contributed by atoms with Gasteiger partial charge < -0.3 is 21.1 Å². The van der Waals surface area contributed by atoms with Crippen molar-refractivity contribution in [2.45, 2.75) is 31.3 Å². The lowest BCUT2D eigenvalue weighted by molar-refractivity contribution is -0.136. The van der Waals surface area contributed by atoms with Crippen LogP contribution in [0.5, 0.6) is 0 Å². The zero-order valence-corrected chi connectivity index (χ0v) is 19.6. The summed E-state index contributed by atoms with van der Waals surface area (Å²) in [5, 5.41) is 30.0. The number of rotatable bonds is 8. The largest absolute Gasteiger partial charge is 0.481 e. The molecule has 4 N–H and O–H groups in total. The number of aliphatic carboxylic acids is 1. The molecule has 0 saturated heterocycles. The average molecular weight is 475 g/mol. The van der Waals surface area contributed by atoms with Crippen molar-refractivity contribution in [3.63, 3.8) is 0 Å². The second-order valence-corrected chi connectivity index (χ2v) is 9.00. The molecule has 0 saturated carbocycles. The van der Waals surface area contributed by atoms with E-state index in [1.54, 1.807) is 6.07 Å². The Morgan fingerprint density at radius 1 is 1.18 bits per heavy atom. The zero-order valence-electron chi connectivity index (χ0n) is 18.9. The van der Waals surface area contributed by atoms with Crippen molar-refractivity contribution in [3.05, 3.63) is 94.0 Å². The van der Waals surface area contributed by atoms with Gasteiger partial charge in [0.2, 0.25) is 0 Å². The van der Waals surface area contributed by atoms with E-state index in [2.05, 4.69) is 41.1 Å². The molecule has 1 heterocycles. The molecule has 0 spiro atoms. The molecule has 0 radical (unpaired) electrons. The zero-order chi connectivity index (χ0) is 24.1. The Labute approximate surface area is 204 Å². The number of anilines is 2. The summed E-state index contributed by atoms with van der Waals surface area (Å²) in [6.07, 6.45) is -0.0994. The van der Waals surface area contributed by atoms with Crippen LogP contribution in [0, 0.1) is 11.3 Å². The number of para-hydroxylation sites is 1. The highest BCUT2D eigenvalue weighted by Crippen LogP contribution is 2.33. The summed E-state index contributed by atoms with van der Waals surface area (Å²) < 4.78 is 0.